The van der Waals surface area contributed by atoms with E-state index in [-0.39, 0.29) is 5.60 Å². The molecule has 3 atom stereocenters. The van der Waals surface area contributed by atoms with Gasteiger partial charge in [-0.15, -0.1) is 0 Å². The Hall–Kier alpha value is -0.160. The largest absolute Gasteiger partial charge is 0.381 e. The number of nitrogens with one attached hydrogen (secondary N) is 1. The lowest BCUT2D eigenvalue weighted by atomic mass is 9.91. The summed E-state index contributed by atoms with van der Waals surface area (Å²) >= 11 is 0. The first-order chi connectivity index (χ1) is 9.17. The van der Waals surface area contributed by atoms with E-state index in [9.17, 15) is 0 Å². The highest BCUT2D eigenvalue weighted by Crippen LogP contribution is 2.26. The minimum Gasteiger partial charge on any atom is -0.381 e. The van der Waals surface area contributed by atoms with Crippen LogP contribution in [0.2, 0.25) is 0 Å². The maximum absolute atomic E-state index is 5.68. The number of piperidine rings is 1. The molecule has 0 aromatic rings. The molecular weight excluding hydrogens is 240 g/mol. The number of nitrogens with zero attached hydrogens (tertiary/aromatic N) is 1. The SMILES string of the molecule is CCNC1CCOCC1CN1CCCC(C)(OC)C1. The molecule has 1 N–H and O–H groups in total. The molecule has 0 aromatic heterocycles. The average molecular weight is 270 g/mol. The van der Waals surface area contributed by atoms with Gasteiger partial charge in [0, 0.05) is 38.8 Å². The molecular formula is C15H30N2O2. The smallest absolute Gasteiger partial charge is 0.0777 e. The van der Waals surface area contributed by atoms with E-state index >= 15 is 0 Å². The first-order valence-electron chi connectivity index (χ1n) is 7.75. The quantitative estimate of drug-likeness (QED) is 0.821. The van der Waals surface area contributed by atoms with Crippen LogP contribution in [0.5, 0.6) is 0 Å². The highest BCUT2D eigenvalue weighted by molar-refractivity contribution is 4.88. The zero-order valence-electron chi connectivity index (χ0n) is 12.8. The van der Waals surface area contributed by atoms with Crippen LogP contribution in [-0.2, 0) is 9.47 Å². The summed E-state index contributed by atoms with van der Waals surface area (Å²) in [6.07, 6.45) is 3.56. The Kier molecular flexibility index (Phi) is 5.63. The Labute approximate surface area is 117 Å². The van der Waals surface area contributed by atoms with Gasteiger partial charge < -0.3 is 19.7 Å². The summed E-state index contributed by atoms with van der Waals surface area (Å²) in [6, 6.07) is 0.620. The van der Waals surface area contributed by atoms with Crippen molar-refractivity contribution >= 4 is 0 Å². The van der Waals surface area contributed by atoms with Crippen molar-refractivity contribution in [1.82, 2.24) is 10.2 Å². The van der Waals surface area contributed by atoms with Crippen LogP contribution in [0, 0.1) is 5.92 Å². The van der Waals surface area contributed by atoms with Crippen molar-refractivity contribution in [1.29, 1.82) is 0 Å². The second-order valence-corrected chi connectivity index (χ2v) is 6.28. The molecule has 2 aliphatic rings. The minimum atomic E-state index is 0.0431. The molecule has 0 aromatic carbocycles. The molecule has 0 spiro atoms. The summed E-state index contributed by atoms with van der Waals surface area (Å²) in [6.45, 7) is 10.7. The number of hydrogen-bond donors (Lipinski definition) is 1. The fourth-order valence-electron chi connectivity index (χ4n) is 3.47. The van der Waals surface area contributed by atoms with Crippen molar-refractivity contribution in [3.05, 3.63) is 0 Å². The van der Waals surface area contributed by atoms with Crippen molar-refractivity contribution in [3.63, 3.8) is 0 Å². The second kappa shape index (κ2) is 7.02. The van der Waals surface area contributed by atoms with Gasteiger partial charge in [0.25, 0.3) is 0 Å². The van der Waals surface area contributed by atoms with E-state index in [1.165, 1.54) is 19.4 Å². The molecule has 0 bridgehead atoms. The van der Waals surface area contributed by atoms with Gasteiger partial charge in [-0.3, -0.25) is 0 Å². The van der Waals surface area contributed by atoms with Crippen LogP contribution in [0.4, 0.5) is 0 Å². The Morgan fingerprint density at radius 3 is 3.05 bits per heavy atom. The van der Waals surface area contributed by atoms with Gasteiger partial charge >= 0.3 is 0 Å². The Bertz CT molecular complexity index is 273. The van der Waals surface area contributed by atoms with Crippen molar-refractivity contribution in [2.75, 3.05) is 46.5 Å². The lowest BCUT2D eigenvalue weighted by Gasteiger charge is -2.42. The van der Waals surface area contributed by atoms with Crippen LogP contribution in [0.15, 0.2) is 0 Å². The first kappa shape index (κ1) is 15.2. The Morgan fingerprint density at radius 1 is 1.47 bits per heavy atom. The molecule has 3 unspecified atom stereocenters. The number of methoxy groups -OCH3 is 1. The van der Waals surface area contributed by atoms with Crippen LogP contribution in [0.1, 0.15) is 33.1 Å². The van der Waals surface area contributed by atoms with Gasteiger partial charge in [-0.25, -0.2) is 0 Å². The lowest BCUT2D eigenvalue weighted by Crippen LogP contribution is -2.53. The van der Waals surface area contributed by atoms with Gasteiger partial charge in [0.2, 0.25) is 0 Å². The van der Waals surface area contributed by atoms with Gasteiger partial charge in [0.1, 0.15) is 0 Å². The standard InChI is InChI=1S/C15H30N2O2/c1-4-16-14-6-9-19-11-13(14)10-17-8-5-7-15(2,12-17)18-3/h13-14,16H,4-12H2,1-3H3. The summed E-state index contributed by atoms with van der Waals surface area (Å²) < 4.78 is 11.4. The molecule has 0 radical (unpaired) electrons. The van der Waals surface area contributed by atoms with E-state index in [1.807, 2.05) is 7.11 Å². The topological polar surface area (TPSA) is 33.7 Å². The predicted octanol–water partition coefficient (Wildman–Crippen LogP) is 1.50. The summed E-state index contributed by atoms with van der Waals surface area (Å²) in [5.74, 6) is 0.618. The van der Waals surface area contributed by atoms with E-state index in [0.717, 1.165) is 39.3 Å². The summed E-state index contributed by atoms with van der Waals surface area (Å²) in [5.41, 5.74) is 0.0431. The molecule has 112 valence electrons. The van der Waals surface area contributed by atoms with Gasteiger partial charge in [-0.2, -0.15) is 0 Å². The van der Waals surface area contributed by atoms with Gasteiger partial charge in [-0.05, 0) is 39.3 Å². The van der Waals surface area contributed by atoms with Crippen molar-refractivity contribution in [2.45, 2.75) is 44.8 Å². The van der Waals surface area contributed by atoms with Gasteiger partial charge in [0.05, 0.1) is 12.2 Å². The minimum absolute atomic E-state index is 0.0431. The average Bonchev–Trinajstić information content (AvgIpc) is 2.41. The van der Waals surface area contributed by atoms with Crippen LogP contribution in [-0.4, -0.2) is 63.0 Å². The number of ether oxygens (including phenoxy) is 2. The fraction of sp³-hybridized carbons (Fsp3) is 1.00. The fourth-order valence-corrected chi connectivity index (χ4v) is 3.47. The van der Waals surface area contributed by atoms with Crippen LogP contribution in [0.25, 0.3) is 0 Å². The van der Waals surface area contributed by atoms with Gasteiger partial charge in [-0.1, -0.05) is 6.92 Å². The number of rotatable bonds is 5. The molecule has 19 heavy (non-hydrogen) atoms. The highest BCUT2D eigenvalue weighted by Gasteiger charge is 2.33. The molecule has 2 saturated heterocycles. The first-order valence-corrected chi connectivity index (χ1v) is 7.75. The van der Waals surface area contributed by atoms with E-state index < -0.39 is 0 Å². The molecule has 2 fully saturated rings. The molecule has 0 amide bonds. The highest BCUT2D eigenvalue weighted by atomic mass is 16.5. The Balaban J connectivity index is 1.87. The third-order valence-corrected chi connectivity index (χ3v) is 4.66. The maximum atomic E-state index is 5.68. The van der Waals surface area contributed by atoms with Crippen LogP contribution >= 0.6 is 0 Å². The van der Waals surface area contributed by atoms with E-state index in [4.69, 9.17) is 9.47 Å². The summed E-state index contributed by atoms with van der Waals surface area (Å²) in [7, 11) is 1.84. The monoisotopic (exact) mass is 270 g/mol. The molecule has 4 nitrogen and oxygen atoms in total. The van der Waals surface area contributed by atoms with Crippen LogP contribution < -0.4 is 5.32 Å². The van der Waals surface area contributed by atoms with Gasteiger partial charge in [0.15, 0.2) is 0 Å². The van der Waals surface area contributed by atoms with E-state index in [0.29, 0.717) is 12.0 Å². The molecule has 4 heteroatoms. The van der Waals surface area contributed by atoms with E-state index in [2.05, 4.69) is 24.1 Å². The zero-order valence-corrected chi connectivity index (χ0v) is 12.8. The van der Waals surface area contributed by atoms with E-state index in [1.54, 1.807) is 0 Å². The maximum Gasteiger partial charge on any atom is 0.0777 e. The zero-order chi connectivity index (χ0) is 13.7. The normalized spacial score (nSPS) is 37.4. The third kappa shape index (κ3) is 4.15. The molecule has 0 saturated carbocycles. The number of hydrogen-bond acceptors (Lipinski definition) is 4. The molecule has 2 heterocycles. The summed E-state index contributed by atoms with van der Waals surface area (Å²) in [5, 5.41) is 3.62. The third-order valence-electron chi connectivity index (χ3n) is 4.66. The Morgan fingerprint density at radius 2 is 2.32 bits per heavy atom. The van der Waals surface area contributed by atoms with Crippen molar-refractivity contribution in [3.8, 4) is 0 Å². The summed E-state index contributed by atoms with van der Waals surface area (Å²) in [4.78, 5) is 2.57. The predicted molar refractivity (Wildman–Crippen MR) is 77.5 cm³/mol. The second-order valence-electron chi connectivity index (χ2n) is 6.28. The van der Waals surface area contributed by atoms with Crippen molar-refractivity contribution < 1.29 is 9.47 Å². The molecule has 2 aliphatic heterocycles. The number of likely N-dealkylation sites (tertiary alicyclic amines) is 1. The lowest BCUT2D eigenvalue weighted by molar-refractivity contribution is -0.0624. The van der Waals surface area contributed by atoms with Crippen molar-refractivity contribution in [2.24, 2.45) is 5.92 Å². The molecule has 0 aliphatic carbocycles. The van der Waals surface area contributed by atoms with Crippen LogP contribution in [0.3, 0.4) is 0 Å². The molecule has 2 rings (SSSR count).